The number of benzene rings is 1. The standard InChI is InChI=1S/C16H24N4S/c17-12-16(10-15-18-13-21-19-15)6-8-20(9-7-16)11-14-4-2-1-3-5-14/h1-5H,6-13,17H2,(H,18,19). The maximum atomic E-state index is 6.11. The van der Waals surface area contributed by atoms with Crippen LogP contribution in [0.5, 0.6) is 0 Å². The quantitative estimate of drug-likeness (QED) is 0.819. The van der Waals surface area contributed by atoms with E-state index in [1.165, 1.54) is 18.4 Å². The molecule has 1 aromatic rings. The number of nitrogens with zero attached hydrogens (tertiary/aromatic N) is 2. The van der Waals surface area contributed by atoms with Crippen LogP contribution in [0.3, 0.4) is 0 Å². The molecular formula is C16H24N4S. The molecule has 0 unspecified atom stereocenters. The van der Waals surface area contributed by atoms with Crippen LogP contribution >= 0.6 is 11.9 Å². The van der Waals surface area contributed by atoms with Gasteiger partial charge in [-0.05, 0) is 55.4 Å². The summed E-state index contributed by atoms with van der Waals surface area (Å²) < 4.78 is 3.31. The zero-order valence-electron chi connectivity index (χ0n) is 12.4. The lowest BCUT2D eigenvalue weighted by Crippen LogP contribution is -2.45. The summed E-state index contributed by atoms with van der Waals surface area (Å²) in [5.74, 6) is 1.98. The third-order valence-electron chi connectivity index (χ3n) is 4.65. The van der Waals surface area contributed by atoms with Crippen molar-refractivity contribution in [3.05, 3.63) is 35.9 Å². The molecule has 4 nitrogen and oxygen atoms in total. The van der Waals surface area contributed by atoms with Crippen molar-refractivity contribution in [1.82, 2.24) is 9.62 Å². The smallest absolute Gasteiger partial charge is 0.108 e. The second kappa shape index (κ2) is 6.81. The van der Waals surface area contributed by atoms with Gasteiger partial charge in [0, 0.05) is 13.0 Å². The largest absolute Gasteiger partial charge is 0.330 e. The maximum Gasteiger partial charge on any atom is 0.108 e. The Labute approximate surface area is 131 Å². The highest BCUT2D eigenvalue weighted by atomic mass is 32.2. The van der Waals surface area contributed by atoms with Gasteiger partial charge in [-0.1, -0.05) is 30.3 Å². The van der Waals surface area contributed by atoms with E-state index in [9.17, 15) is 0 Å². The minimum atomic E-state index is 0.240. The number of hydrogen-bond donors (Lipinski definition) is 2. The van der Waals surface area contributed by atoms with Gasteiger partial charge in [0.1, 0.15) is 11.7 Å². The van der Waals surface area contributed by atoms with Crippen LogP contribution in [0, 0.1) is 5.41 Å². The van der Waals surface area contributed by atoms with Crippen molar-refractivity contribution in [3.8, 4) is 0 Å². The summed E-state index contributed by atoms with van der Waals surface area (Å²) in [7, 11) is 0. The second-order valence-electron chi connectivity index (χ2n) is 6.12. The summed E-state index contributed by atoms with van der Waals surface area (Å²) in [6.45, 7) is 4.08. The van der Waals surface area contributed by atoms with Crippen LogP contribution in [0.1, 0.15) is 24.8 Å². The molecule has 0 atom stereocenters. The minimum absolute atomic E-state index is 0.240. The lowest BCUT2D eigenvalue weighted by molar-refractivity contribution is 0.110. The van der Waals surface area contributed by atoms with E-state index in [4.69, 9.17) is 5.73 Å². The zero-order chi connectivity index (χ0) is 14.5. The summed E-state index contributed by atoms with van der Waals surface area (Å²) in [5, 5.41) is 0. The van der Waals surface area contributed by atoms with Gasteiger partial charge in [-0.2, -0.15) is 0 Å². The van der Waals surface area contributed by atoms with Crippen molar-refractivity contribution < 1.29 is 0 Å². The van der Waals surface area contributed by atoms with E-state index < -0.39 is 0 Å². The second-order valence-corrected chi connectivity index (χ2v) is 6.87. The van der Waals surface area contributed by atoms with Gasteiger partial charge in [-0.15, -0.1) is 0 Å². The van der Waals surface area contributed by atoms with Crippen LogP contribution in [0.2, 0.25) is 0 Å². The van der Waals surface area contributed by atoms with Crippen LogP contribution in [-0.2, 0) is 6.54 Å². The van der Waals surface area contributed by atoms with Gasteiger partial charge >= 0.3 is 0 Å². The Morgan fingerprint density at radius 3 is 2.62 bits per heavy atom. The van der Waals surface area contributed by atoms with Crippen molar-refractivity contribution >= 4 is 17.8 Å². The average molecular weight is 304 g/mol. The Morgan fingerprint density at radius 2 is 2.00 bits per heavy atom. The molecule has 0 aromatic heterocycles. The molecule has 2 aliphatic heterocycles. The number of likely N-dealkylation sites (tertiary alicyclic amines) is 1. The van der Waals surface area contributed by atoms with E-state index in [2.05, 4.69) is 44.9 Å². The summed E-state index contributed by atoms with van der Waals surface area (Å²) in [4.78, 5) is 7.05. The molecule has 1 saturated heterocycles. The molecule has 1 fully saturated rings. The number of rotatable bonds is 5. The van der Waals surface area contributed by atoms with Crippen LogP contribution in [-0.4, -0.2) is 36.2 Å². The molecule has 5 heteroatoms. The predicted molar refractivity (Wildman–Crippen MR) is 90.1 cm³/mol. The molecule has 2 aliphatic rings. The van der Waals surface area contributed by atoms with Crippen LogP contribution < -0.4 is 10.5 Å². The van der Waals surface area contributed by atoms with Crippen molar-refractivity contribution in [3.63, 3.8) is 0 Å². The number of aliphatic imine (C=N–C) groups is 1. The van der Waals surface area contributed by atoms with E-state index in [1.807, 2.05) is 0 Å². The highest BCUT2D eigenvalue weighted by molar-refractivity contribution is 7.98. The first-order valence-electron chi connectivity index (χ1n) is 7.67. The number of nitrogens with two attached hydrogens (primary N) is 1. The van der Waals surface area contributed by atoms with Crippen LogP contribution in [0.4, 0.5) is 0 Å². The Hall–Kier alpha value is -1.04. The summed E-state index contributed by atoms with van der Waals surface area (Å²) in [5.41, 5.74) is 7.75. The predicted octanol–water partition coefficient (Wildman–Crippen LogP) is 2.22. The third kappa shape index (κ3) is 3.78. The minimum Gasteiger partial charge on any atom is -0.330 e. The Balaban J connectivity index is 1.55. The lowest BCUT2D eigenvalue weighted by Gasteiger charge is -2.41. The van der Waals surface area contributed by atoms with Gasteiger partial charge in [-0.25, -0.2) is 0 Å². The Bertz CT molecular complexity index is 480. The van der Waals surface area contributed by atoms with Crippen molar-refractivity contribution in [2.24, 2.45) is 16.1 Å². The van der Waals surface area contributed by atoms with Gasteiger partial charge in [0.25, 0.3) is 0 Å². The summed E-state index contributed by atoms with van der Waals surface area (Å²) in [6.07, 6.45) is 3.35. The molecule has 0 amide bonds. The SMILES string of the molecule is NCC1(CC2=NCSN2)CCN(Cc2ccccc2)CC1. The first-order valence-corrected chi connectivity index (χ1v) is 8.66. The molecule has 1 aromatic carbocycles. The Morgan fingerprint density at radius 1 is 1.24 bits per heavy atom. The molecule has 0 saturated carbocycles. The third-order valence-corrected chi connectivity index (χ3v) is 5.29. The van der Waals surface area contributed by atoms with Crippen molar-refractivity contribution in [1.29, 1.82) is 0 Å². The summed E-state index contributed by atoms with van der Waals surface area (Å²) in [6, 6.07) is 10.7. The van der Waals surface area contributed by atoms with Gasteiger partial charge in [-0.3, -0.25) is 9.89 Å². The maximum absolute atomic E-state index is 6.11. The van der Waals surface area contributed by atoms with Crippen LogP contribution in [0.25, 0.3) is 0 Å². The van der Waals surface area contributed by atoms with E-state index in [1.54, 1.807) is 11.9 Å². The normalized spacial score (nSPS) is 21.9. The molecule has 2 heterocycles. The lowest BCUT2D eigenvalue weighted by atomic mass is 9.75. The molecule has 0 aliphatic carbocycles. The highest BCUT2D eigenvalue weighted by Crippen LogP contribution is 2.35. The molecule has 3 rings (SSSR count). The number of amidine groups is 1. The molecule has 3 N–H and O–H groups in total. The van der Waals surface area contributed by atoms with E-state index in [0.29, 0.717) is 0 Å². The first kappa shape index (κ1) is 14.9. The van der Waals surface area contributed by atoms with Crippen LogP contribution in [0.15, 0.2) is 35.3 Å². The first-order chi connectivity index (χ1) is 10.3. The number of hydrogen-bond acceptors (Lipinski definition) is 5. The molecular weight excluding hydrogens is 280 g/mol. The molecule has 0 bridgehead atoms. The molecule has 0 spiro atoms. The number of nitrogens with one attached hydrogen (secondary N) is 1. The fourth-order valence-corrected chi connectivity index (χ4v) is 3.77. The van der Waals surface area contributed by atoms with Gasteiger partial charge < -0.3 is 10.5 Å². The zero-order valence-corrected chi connectivity index (χ0v) is 13.2. The van der Waals surface area contributed by atoms with Gasteiger partial charge in [0.15, 0.2) is 0 Å². The van der Waals surface area contributed by atoms with Gasteiger partial charge in [0.05, 0.1) is 0 Å². The molecule has 114 valence electrons. The van der Waals surface area contributed by atoms with E-state index >= 15 is 0 Å². The van der Waals surface area contributed by atoms with Crippen molar-refractivity contribution in [2.45, 2.75) is 25.8 Å². The highest BCUT2D eigenvalue weighted by Gasteiger charge is 2.35. The van der Waals surface area contributed by atoms with Crippen molar-refractivity contribution in [2.75, 3.05) is 25.5 Å². The number of piperidine rings is 1. The topological polar surface area (TPSA) is 53.6 Å². The average Bonchev–Trinajstić information content (AvgIpc) is 3.03. The summed E-state index contributed by atoms with van der Waals surface area (Å²) >= 11 is 1.68. The van der Waals surface area contributed by atoms with Gasteiger partial charge in [0.2, 0.25) is 0 Å². The van der Waals surface area contributed by atoms with E-state index in [0.717, 1.165) is 44.3 Å². The fourth-order valence-electron chi connectivity index (χ4n) is 3.19. The van der Waals surface area contributed by atoms with E-state index in [-0.39, 0.29) is 5.41 Å². The molecule has 0 radical (unpaired) electrons. The monoisotopic (exact) mass is 304 g/mol. The molecule has 21 heavy (non-hydrogen) atoms. The Kier molecular flexibility index (Phi) is 4.83. The fraction of sp³-hybridized carbons (Fsp3) is 0.562.